The third-order valence-corrected chi connectivity index (χ3v) is 14.9. The summed E-state index contributed by atoms with van der Waals surface area (Å²) in [6, 6.07) is -6.40. The van der Waals surface area contributed by atoms with Gasteiger partial charge in [-0.2, -0.15) is 0 Å². The van der Waals surface area contributed by atoms with E-state index in [2.05, 4.69) is 47.5 Å². The maximum Gasteiger partial charge on any atom is 0.407 e. The number of benzene rings is 1. The number of aromatic amines is 1. The average Bonchev–Trinajstić information content (AvgIpc) is 4.01. The summed E-state index contributed by atoms with van der Waals surface area (Å²) in [5.74, 6) is -12.9. The summed E-state index contributed by atoms with van der Waals surface area (Å²) >= 11 is -2.43. The zero-order valence-electron chi connectivity index (χ0n) is 44.9. The number of aliphatic hydroxyl groups excluding tert-OH is 2. The zero-order chi connectivity index (χ0) is 58.5. The van der Waals surface area contributed by atoms with Crippen LogP contribution in [0.25, 0.3) is 10.9 Å². The fourth-order valence-electron chi connectivity index (χ4n) is 9.05. The van der Waals surface area contributed by atoms with Gasteiger partial charge < -0.3 is 87.5 Å². The highest BCUT2D eigenvalue weighted by Crippen LogP contribution is 2.31. The smallest absolute Gasteiger partial charge is 0.407 e. The van der Waals surface area contributed by atoms with E-state index >= 15 is 0 Å². The number of aromatic hydroxyl groups is 1. The molecule has 2 unspecified atom stereocenters. The Morgan fingerprint density at radius 3 is 2.23 bits per heavy atom. The number of phenols is 1. The summed E-state index contributed by atoms with van der Waals surface area (Å²) in [6.07, 6.45) is -4.06. The summed E-state index contributed by atoms with van der Waals surface area (Å²) in [7, 11) is 0. The molecule has 79 heavy (non-hydrogen) atoms. The monoisotopic (exact) mass is 1130 g/mol. The number of aliphatic hydroxyl groups is 2. The van der Waals surface area contributed by atoms with Crippen LogP contribution in [-0.4, -0.2) is 188 Å². The van der Waals surface area contributed by atoms with Crippen molar-refractivity contribution in [2.24, 2.45) is 17.6 Å². The van der Waals surface area contributed by atoms with Crippen molar-refractivity contribution in [1.29, 1.82) is 0 Å². The van der Waals surface area contributed by atoms with Gasteiger partial charge in [0, 0.05) is 66.5 Å². The number of unbranched alkanes of at least 4 members (excludes halogenated alkanes) is 2. The molecular formula is C50H73N11O17S. The van der Waals surface area contributed by atoms with Gasteiger partial charge in [0.25, 0.3) is 0 Å². The fourth-order valence-corrected chi connectivity index (χ4v) is 10.4. The Hall–Kier alpha value is -7.24. The van der Waals surface area contributed by atoms with E-state index in [-0.39, 0.29) is 46.2 Å². The lowest BCUT2D eigenvalue weighted by Crippen LogP contribution is -2.62. The van der Waals surface area contributed by atoms with Crippen molar-refractivity contribution >= 4 is 87.3 Å². The summed E-state index contributed by atoms with van der Waals surface area (Å²) in [6.45, 7) is 7.13. The molecule has 0 radical (unpaired) electrons. The van der Waals surface area contributed by atoms with Gasteiger partial charge in [-0.3, -0.25) is 47.9 Å². The van der Waals surface area contributed by atoms with Gasteiger partial charge in [0.05, 0.1) is 37.2 Å². The molecule has 0 saturated carbocycles. The normalized spacial score (nSPS) is 25.4. The van der Waals surface area contributed by atoms with Crippen molar-refractivity contribution in [3.8, 4) is 5.75 Å². The lowest BCUT2D eigenvalue weighted by molar-refractivity contribution is -0.155. The van der Waals surface area contributed by atoms with Crippen LogP contribution in [0.2, 0.25) is 0 Å². The quantitative estimate of drug-likeness (QED) is 0.0501. The molecule has 0 aliphatic carbocycles. The number of phenolic OH excluding ortho intramolecular Hbond substituents is 1. The molecule has 436 valence electrons. The van der Waals surface area contributed by atoms with Crippen LogP contribution in [0.4, 0.5) is 4.79 Å². The van der Waals surface area contributed by atoms with Crippen LogP contribution >= 0.6 is 0 Å². The van der Waals surface area contributed by atoms with Gasteiger partial charge in [0.15, 0.2) is 6.04 Å². The first-order chi connectivity index (χ1) is 37.1. The van der Waals surface area contributed by atoms with Crippen LogP contribution in [0.15, 0.2) is 23.2 Å². The van der Waals surface area contributed by atoms with Crippen molar-refractivity contribution < 1.29 is 82.1 Å². The number of H-pyrrole nitrogens is 1. The topological polar surface area (TPSA) is 431 Å². The number of alkyl carbamates (subject to hydrolysis) is 1. The highest BCUT2D eigenvalue weighted by atomic mass is 32.2. The molecule has 2 bridgehead atoms. The molecule has 2 aromatic rings. The van der Waals surface area contributed by atoms with Gasteiger partial charge >= 0.3 is 12.1 Å². The first-order valence-electron chi connectivity index (χ1n) is 26.0. The van der Waals surface area contributed by atoms with Gasteiger partial charge in [0.2, 0.25) is 58.2 Å². The maximum atomic E-state index is 14.9. The number of hydrogen-bond acceptors (Lipinski definition) is 17. The molecule has 14 N–H and O–H groups in total. The second-order valence-corrected chi connectivity index (χ2v) is 22.3. The lowest BCUT2D eigenvalue weighted by atomic mass is 9.93. The van der Waals surface area contributed by atoms with Gasteiger partial charge in [-0.1, -0.05) is 33.6 Å². The molecule has 10 amide bonds. The Balaban J connectivity index is 1.57. The second-order valence-electron chi connectivity index (χ2n) is 20.9. The molecule has 1 aromatic carbocycles. The van der Waals surface area contributed by atoms with E-state index in [9.17, 15) is 72.6 Å². The molecule has 1 aromatic heterocycles. The highest BCUT2D eigenvalue weighted by Gasteiger charge is 2.45. The van der Waals surface area contributed by atoms with Crippen molar-refractivity contribution in [2.75, 3.05) is 38.5 Å². The van der Waals surface area contributed by atoms with Gasteiger partial charge in [-0.25, -0.2) is 4.79 Å². The highest BCUT2D eigenvalue weighted by molar-refractivity contribution is 7.91. The Labute approximate surface area is 458 Å². The predicted molar refractivity (Wildman–Crippen MR) is 279 cm³/mol. The fraction of sp³-hybridized carbons (Fsp3) is 0.620. The minimum atomic E-state index is -2.43. The minimum Gasteiger partial charge on any atom is -0.610 e. The van der Waals surface area contributed by atoms with Crippen LogP contribution in [0.5, 0.6) is 5.75 Å². The van der Waals surface area contributed by atoms with E-state index in [1.165, 1.54) is 25.1 Å². The number of hydrogen-bond donors (Lipinski definition) is 13. The standard InChI is InChI=1S/C50H73N11O17S/c1-7-24(2)40-45(72)54-19-37(66)55-33-23-79(76)47-29(28-13-12-26(62)15-30(28)58-47)17-31(42(69)53-20-38(67)59-40)56-46(73)41(25(3)35(64)22-77-49(75)52-14-10-8-9-11-39(68)78-50(4,5)6)60-44(71)34-16-27(63)21-61(34)48(74)32(18-36(51)65)57-43(33)70/h12-13,15,24-25,27,31-35,40-41,58,62-64H,7-11,14,16-23H2,1-6H3,(H2,51,65)(H,52,75)(H,53,69)(H,54,72)(H,55,66)(H,56,73)(H,57,70)(H,59,67)(H,60,71)/t24-,25-,27?,31+,32-,33?,34-,35-,40-,41-,79+/m0/s1. The van der Waals surface area contributed by atoms with E-state index < -0.39 is 188 Å². The second kappa shape index (κ2) is 28.1. The van der Waals surface area contributed by atoms with Crippen molar-refractivity contribution in [3.05, 3.63) is 23.8 Å². The van der Waals surface area contributed by atoms with Crippen LogP contribution in [0, 0.1) is 11.8 Å². The number of fused-ring (bicyclic) bond motifs is 5. The molecule has 3 aliphatic heterocycles. The molecule has 11 atom stereocenters. The summed E-state index contributed by atoms with van der Waals surface area (Å²) in [4.78, 5) is 155. The number of carbonyl (C=O) groups excluding carboxylic acids is 11. The van der Waals surface area contributed by atoms with Gasteiger partial charge in [-0.15, -0.1) is 0 Å². The number of carbonyl (C=O) groups is 11. The third-order valence-electron chi connectivity index (χ3n) is 13.5. The number of esters is 1. The average molecular weight is 1130 g/mol. The Bertz CT molecular complexity index is 2610. The molecule has 0 spiro atoms. The first-order valence-corrected chi connectivity index (χ1v) is 27.3. The Morgan fingerprint density at radius 2 is 1.56 bits per heavy atom. The predicted octanol–water partition coefficient (Wildman–Crippen LogP) is -3.28. The van der Waals surface area contributed by atoms with E-state index in [4.69, 9.17) is 15.2 Å². The Morgan fingerprint density at radius 1 is 0.873 bits per heavy atom. The van der Waals surface area contributed by atoms with E-state index in [0.29, 0.717) is 25.7 Å². The van der Waals surface area contributed by atoms with Crippen LogP contribution in [-0.2, 0) is 75.0 Å². The van der Waals surface area contributed by atoms with Crippen molar-refractivity contribution in [2.45, 2.75) is 152 Å². The lowest BCUT2D eigenvalue weighted by Gasteiger charge is -2.33. The number of nitrogens with zero attached hydrogens (tertiary/aromatic N) is 1. The minimum absolute atomic E-state index is 0.0449. The largest absolute Gasteiger partial charge is 0.610 e. The van der Waals surface area contributed by atoms with Crippen molar-refractivity contribution in [3.63, 3.8) is 0 Å². The van der Waals surface area contributed by atoms with E-state index in [1.807, 2.05) is 0 Å². The maximum absolute atomic E-state index is 14.9. The molecule has 1 fully saturated rings. The zero-order valence-corrected chi connectivity index (χ0v) is 45.7. The summed E-state index contributed by atoms with van der Waals surface area (Å²) < 4.78 is 25.3. The number of nitrogens with one attached hydrogen (secondary N) is 9. The number of amides is 10. The molecule has 5 rings (SSSR count). The molecular weight excluding hydrogens is 1060 g/mol. The van der Waals surface area contributed by atoms with Crippen molar-refractivity contribution in [1.82, 2.24) is 52.4 Å². The molecule has 29 heteroatoms. The van der Waals surface area contributed by atoms with Crippen LogP contribution < -0.4 is 48.3 Å². The molecule has 3 aliphatic rings. The first kappa shape index (κ1) is 62.6. The van der Waals surface area contributed by atoms with Gasteiger partial charge in [0.1, 0.15) is 53.9 Å². The number of aromatic nitrogens is 1. The molecule has 4 heterocycles. The SMILES string of the molecule is CC[C@H](C)[C@@H]1NC(=O)CNC(=O)[C@H]2Cc3c([nH]c4cc(O)ccc34)[S@+]([O-])CC(NC(=O)CNC1=O)C(=O)N[C@@H](CC(N)=O)C(=O)N1CC(O)C[C@H]1C(=O)N[C@@H]([C@@H](C)[C@@H](O)COC(=O)NCCCCCC(=O)OC(C)(C)C)C(=O)N2. The number of nitrogens with two attached hydrogens (primary N) is 1. The van der Waals surface area contributed by atoms with Crippen LogP contribution in [0.1, 0.15) is 92.1 Å². The van der Waals surface area contributed by atoms with E-state index in [0.717, 1.165) is 4.90 Å². The molecule has 28 nitrogen and oxygen atoms in total. The van der Waals surface area contributed by atoms with Crippen LogP contribution in [0.3, 0.4) is 0 Å². The summed E-state index contributed by atoms with van der Waals surface area (Å²) in [5.41, 5.74) is 5.09. The molecule has 1 saturated heterocycles. The summed E-state index contributed by atoms with van der Waals surface area (Å²) in [5, 5.41) is 52.6. The number of primary amides is 1. The third kappa shape index (κ3) is 17.9. The number of rotatable bonds is 14. The number of ether oxygens (including phenoxy) is 2. The van der Waals surface area contributed by atoms with Gasteiger partial charge in [-0.05, 0) is 51.7 Å². The Kier molecular flexibility index (Phi) is 22.2. The van der Waals surface area contributed by atoms with E-state index in [1.54, 1.807) is 34.6 Å².